The first-order valence-electron chi connectivity index (χ1n) is 6.89. The maximum atomic E-state index is 12.8. The number of halogens is 1. The van der Waals surface area contributed by atoms with Gasteiger partial charge in [0, 0.05) is 12.3 Å². The van der Waals surface area contributed by atoms with Crippen LogP contribution in [0.2, 0.25) is 0 Å². The number of hydrogen-bond donors (Lipinski definition) is 2. The maximum Gasteiger partial charge on any atom is 0.253 e. The molecule has 0 saturated heterocycles. The van der Waals surface area contributed by atoms with Crippen molar-refractivity contribution in [3.63, 3.8) is 0 Å². The molecule has 0 bridgehead atoms. The second kappa shape index (κ2) is 7.35. The summed E-state index contributed by atoms with van der Waals surface area (Å²) in [6, 6.07) is 8.21. The van der Waals surface area contributed by atoms with Crippen LogP contribution in [0.25, 0.3) is 0 Å². The van der Waals surface area contributed by atoms with Crippen molar-refractivity contribution >= 4 is 11.8 Å². The van der Waals surface area contributed by atoms with Crippen molar-refractivity contribution in [2.45, 2.75) is 19.6 Å². The second-order valence-electron chi connectivity index (χ2n) is 4.90. The number of nitrogens with one attached hydrogen (secondary N) is 1. The average molecular weight is 317 g/mol. The highest BCUT2D eigenvalue weighted by Gasteiger charge is 2.14. The number of carbonyl (C=O) groups is 2. The van der Waals surface area contributed by atoms with Crippen LogP contribution in [0.4, 0.5) is 4.39 Å². The van der Waals surface area contributed by atoms with E-state index in [-0.39, 0.29) is 18.0 Å². The highest BCUT2D eigenvalue weighted by molar-refractivity contribution is 5.96. The molecule has 120 valence electrons. The predicted molar refractivity (Wildman–Crippen MR) is 81.1 cm³/mol. The second-order valence-corrected chi connectivity index (χ2v) is 4.90. The Morgan fingerprint density at radius 1 is 1.26 bits per heavy atom. The number of carbonyl (C=O) groups excluding carboxylic acids is 2. The summed E-state index contributed by atoms with van der Waals surface area (Å²) in [5, 5.41) is 2.45. The molecule has 0 fully saturated rings. The van der Waals surface area contributed by atoms with Crippen molar-refractivity contribution in [1.29, 1.82) is 0 Å². The van der Waals surface area contributed by atoms with E-state index in [1.54, 1.807) is 12.1 Å². The number of hydrogen-bond acceptors (Lipinski definition) is 4. The Hall–Kier alpha value is -2.96. The van der Waals surface area contributed by atoms with Gasteiger partial charge in [-0.3, -0.25) is 9.59 Å². The number of pyridine rings is 1. The fourth-order valence-electron chi connectivity index (χ4n) is 1.69. The van der Waals surface area contributed by atoms with E-state index in [0.29, 0.717) is 5.88 Å². The standard InChI is InChI=1S/C16H16FN3O3/c1-10(15(18)21)20-16(22)12-4-7-14(19-8-12)23-9-11-2-5-13(17)6-3-11/h2-8,10H,9H2,1H3,(H2,18,21)(H,20,22)/t10-/m0/s1. The highest BCUT2D eigenvalue weighted by atomic mass is 19.1. The molecular formula is C16H16FN3O3. The molecule has 6 nitrogen and oxygen atoms in total. The lowest BCUT2D eigenvalue weighted by molar-refractivity contribution is -0.119. The van der Waals surface area contributed by atoms with E-state index in [1.807, 2.05) is 0 Å². The van der Waals surface area contributed by atoms with Crippen LogP contribution in [0.15, 0.2) is 42.6 Å². The summed E-state index contributed by atoms with van der Waals surface area (Å²) in [5.41, 5.74) is 6.16. The van der Waals surface area contributed by atoms with Gasteiger partial charge >= 0.3 is 0 Å². The quantitative estimate of drug-likeness (QED) is 0.842. The van der Waals surface area contributed by atoms with Gasteiger partial charge in [0.1, 0.15) is 18.5 Å². The van der Waals surface area contributed by atoms with Crippen molar-refractivity contribution in [2.75, 3.05) is 0 Å². The largest absolute Gasteiger partial charge is 0.473 e. The third-order valence-electron chi connectivity index (χ3n) is 3.07. The summed E-state index contributed by atoms with van der Waals surface area (Å²) in [4.78, 5) is 26.8. The van der Waals surface area contributed by atoms with Crippen molar-refractivity contribution in [3.05, 3.63) is 59.5 Å². The zero-order valence-corrected chi connectivity index (χ0v) is 12.5. The average Bonchev–Trinajstić information content (AvgIpc) is 2.54. The van der Waals surface area contributed by atoms with Crippen LogP contribution in [-0.4, -0.2) is 22.8 Å². The Bertz CT molecular complexity index is 687. The molecule has 1 aromatic heterocycles. The molecule has 1 aromatic carbocycles. The van der Waals surface area contributed by atoms with Crippen LogP contribution in [0, 0.1) is 5.82 Å². The van der Waals surface area contributed by atoms with Gasteiger partial charge in [-0.25, -0.2) is 9.37 Å². The Morgan fingerprint density at radius 3 is 2.52 bits per heavy atom. The zero-order valence-electron chi connectivity index (χ0n) is 12.5. The number of ether oxygens (including phenoxy) is 1. The van der Waals surface area contributed by atoms with Crippen molar-refractivity contribution in [3.8, 4) is 5.88 Å². The molecule has 1 atom stereocenters. The summed E-state index contributed by atoms with van der Waals surface area (Å²) in [7, 11) is 0. The normalized spacial score (nSPS) is 11.6. The number of primary amides is 1. The number of benzene rings is 1. The van der Waals surface area contributed by atoms with E-state index >= 15 is 0 Å². The van der Waals surface area contributed by atoms with Crippen LogP contribution < -0.4 is 15.8 Å². The summed E-state index contributed by atoms with van der Waals surface area (Å²) in [5.74, 6) is -1.05. The first-order valence-corrected chi connectivity index (χ1v) is 6.89. The molecule has 3 N–H and O–H groups in total. The summed E-state index contributed by atoms with van der Waals surface area (Å²) in [6.45, 7) is 1.73. The number of nitrogens with zero attached hydrogens (tertiary/aromatic N) is 1. The lowest BCUT2D eigenvalue weighted by Gasteiger charge is -2.10. The van der Waals surface area contributed by atoms with Gasteiger partial charge in [0.15, 0.2) is 0 Å². The molecule has 7 heteroatoms. The first kappa shape index (κ1) is 16.4. The van der Waals surface area contributed by atoms with Gasteiger partial charge in [0.05, 0.1) is 5.56 Å². The van der Waals surface area contributed by atoms with E-state index in [4.69, 9.17) is 10.5 Å². The predicted octanol–water partition coefficient (Wildman–Crippen LogP) is 1.40. The molecule has 0 spiro atoms. The van der Waals surface area contributed by atoms with Gasteiger partial charge in [-0.15, -0.1) is 0 Å². The van der Waals surface area contributed by atoms with Gasteiger partial charge in [-0.2, -0.15) is 0 Å². The molecule has 0 radical (unpaired) electrons. The number of amides is 2. The van der Waals surface area contributed by atoms with Crippen LogP contribution >= 0.6 is 0 Å². The minimum Gasteiger partial charge on any atom is -0.473 e. The molecule has 0 unspecified atom stereocenters. The van der Waals surface area contributed by atoms with Gasteiger partial charge in [0.25, 0.3) is 5.91 Å². The highest BCUT2D eigenvalue weighted by Crippen LogP contribution is 2.11. The van der Waals surface area contributed by atoms with E-state index < -0.39 is 17.9 Å². The molecule has 0 aliphatic rings. The third kappa shape index (κ3) is 4.77. The van der Waals surface area contributed by atoms with E-state index in [2.05, 4.69) is 10.3 Å². The SMILES string of the molecule is C[C@H](NC(=O)c1ccc(OCc2ccc(F)cc2)nc1)C(N)=O. The van der Waals surface area contributed by atoms with Crippen LogP contribution in [0.3, 0.4) is 0 Å². The molecule has 0 aliphatic carbocycles. The van der Waals surface area contributed by atoms with Crippen LogP contribution in [0.1, 0.15) is 22.8 Å². The first-order chi connectivity index (χ1) is 11.0. The summed E-state index contributed by atoms with van der Waals surface area (Å²) >= 11 is 0. The Kier molecular flexibility index (Phi) is 5.24. The van der Waals surface area contributed by atoms with E-state index in [9.17, 15) is 14.0 Å². The summed E-state index contributed by atoms with van der Waals surface area (Å²) in [6.07, 6.45) is 1.34. The molecule has 0 saturated carbocycles. The third-order valence-corrected chi connectivity index (χ3v) is 3.07. The number of rotatable bonds is 6. The van der Waals surface area contributed by atoms with Crippen molar-refractivity contribution < 1.29 is 18.7 Å². The Labute approximate surface area is 132 Å². The molecule has 0 aliphatic heterocycles. The Balaban J connectivity index is 1.92. The van der Waals surface area contributed by atoms with E-state index in [1.165, 1.54) is 37.4 Å². The van der Waals surface area contributed by atoms with E-state index in [0.717, 1.165) is 5.56 Å². The van der Waals surface area contributed by atoms with Crippen LogP contribution in [-0.2, 0) is 11.4 Å². The Morgan fingerprint density at radius 2 is 1.96 bits per heavy atom. The monoisotopic (exact) mass is 317 g/mol. The van der Waals surface area contributed by atoms with Gasteiger partial charge in [-0.05, 0) is 30.7 Å². The topological polar surface area (TPSA) is 94.3 Å². The number of aromatic nitrogens is 1. The molecular weight excluding hydrogens is 301 g/mol. The molecule has 23 heavy (non-hydrogen) atoms. The van der Waals surface area contributed by atoms with Gasteiger partial charge in [-0.1, -0.05) is 12.1 Å². The molecule has 1 heterocycles. The number of nitrogens with two attached hydrogens (primary N) is 1. The van der Waals surface area contributed by atoms with Gasteiger partial charge < -0.3 is 15.8 Å². The molecule has 2 rings (SSSR count). The molecule has 2 aromatic rings. The lowest BCUT2D eigenvalue weighted by Crippen LogP contribution is -2.42. The van der Waals surface area contributed by atoms with Crippen LogP contribution in [0.5, 0.6) is 5.88 Å². The fourth-order valence-corrected chi connectivity index (χ4v) is 1.69. The fraction of sp³-hybridized carbons (Fsp3) is 0.188. The van der Waals surface area contributed by atoms with Crippen molar-refractivity contribution in [1.82, 2.24) is 10.3 Å². The van der Waals surface area contributed by atoms with Gasteiger partial charge in [0.2, 0.25) is 11.8 Å². The minimum absolute atomic E-state index is 0.234. The van der Waals surface area contributed by atoms with Crippen molar-refractivity contribution in [2.24, 2.45) is 5.73 Å². The zero-order chi connectivity index (χ0) is 16.8. The smallest absolute Gasteiger partial charge is 0.253 e. The minimum atomic E-state index is -0.767. The lowest BCUT2D eigenvalue weighted by atomic mass is 10.2. The molecule has 2 amide bonds. The summed E-state index contributed by atoms with van der Waals surface area (Å²) < 4.78 is 18.2. The maximum absolute atomic E-state index is 12.8.